The number of anilines is 1. The van der Waals surface area contributed by atoms with Crippen molar-refractivity contribution in [1.82, 2.24) is 5.32 Å². The SMILES string of the molecule is Cc1ccc(S(=O)(=O)Nc2cccc(C)c2C)cc1C(=O)NCC(C)C. The molecule has 0 unspecified atom stereocenters. The molecule has 0 spiro atoms. The quantitative estimate of drug-likeness (QED) is 0.807. The van der Waals surface area contributed by atoms with Crippen molar-refractivity contribution in [2.45, 2.75) is 39.5 Å². The highest BCUT2D eigenvalue weighted by atomic mass is 32.2. The molecular weight excluding hydrogens is 348 g/mol. The van der Waals surface area contributed by atoms with Crippen LogP contribution in [-0.2, 0) is 10.0 Å². The summed E-state index contributed by atoms with van der Waals surface area (Å²) in [5.74, 6) is 0.0529. The van der Waals surface area contributed by atoms with Gasteiger partial charge in [0.25, 0.3) is 15.9 Å². The van der Waals surface area contributed by atoms with Gasteiger partial charge in [-0.15, -0.1) is 0 Å². The molecular formula is C20H26N2O3S. The monoisotopic (exact) mass is 374 g/mol. The topological polar surface area (TPSA) is 75.3 Å². The van der Waals surface area contributed by atoms with E-state index >= 15 is 0 Å². The number of sulfonamides is 1. The van der Waals surface area contributed by atoms with Crippen LogP contribution in [0.4, 0.5) is 5.69 Å². The van der Waals surface area contributed by atoms with Gasteiger partial charge in [-0.1, -0.05) is 32.0 Å². The summed E-state index contributed by atoms with van der Waals surface area (Å²) in [7, 11) is -3.79. The Morgan fingerprint density at radius 1 is 1.04 bits per heavy atom. The zero-order valence-corrected chi connectivity index (χ0v) is 16.7. The van der Waals surface area contributed by atoms with Gasteiger partial charge in [0.15, 0.2) is 0 Å². The third-order valence-corrected chi connectivity index (χ3v) is 5.65. The number of carbonyl (C=O) groups is 1. The number of amides is 1. The van der Waals surface area contributed by atoms with E-state index in [4.69, 9.17) is 0 Å². The van der Waals surface area contributed by atoms with Crippen molar-refractivity contribution in [2.24, 2.45) is 5.92 Å². The number of aryl methyl sites for hydroxylation is 2. The van der Waals surface area contributed by atoms with E-state index in [-0.39, 0.29) is 10.8 Å². The minimum Gasteiger partial charge on any atom is -0.352 e. The molecule has 2 aromatic rings. The van der Waals surface area contributed by atoms with Crippen molar-refractivity contribution >= 4 is 21.6 Å². The van der Waals surface area contributed by atoms with Crippen molar-refractivity contribution in [1.29, 1.82) is 0 Å². The fourth-order valence-electron chi connectivity index (χ4n) is 2.47. The van der Waals surface area contributed by atoms with E-state index in [0.717, 1.165) is 16.7 Å². The lowest BCUT2D eigenvalue weighted by Gasteiger charge is -2.14. The van der Waals surface area contributed by atoms with Gasteiger partial charge in [0.1, 0.15) is 0 Å². The van der Waals surface area contributed by atoms with Crippen LogP contribution in [0.3, 0.4) is 0 Å². The van der Waals surface area contributed by atoms with Crippen LogP contribution in [0.25, 0.3) is 0 Å². The van der Waals surface area contributed by atoms with Gasteiger partial charge in [-0.05, 0) is 61.6 Å². The first-order chi connectivity index (χ1) is 12.1. The van der Waals surface area contributed by atoms with Crippen molar-refractivity contribution < 1.29 is 13.2 Å². The molecule has 0 bridgehead atoms. The Morgan fingerprint density at radius 3 is 2.38 bits per heavy atom. The molecule has 1 amide bonds. The van der Waals surface area contributed by atoms with Gasteiger partial charge in [-0.2, -0.15) is 0 Å². The van der Waals surface area contributed by atoms with Crippen molar-refractivity contribution in [3.8, 4) is 0 Å². The maximum atomic E-state index is 12.8. The normalized spacial score (nSPS) is 11.5. The molecule has 2 N–H and O–H groups in total. The lowest BCUT2D eigenvalue weighted by molar-refractivity contribution is 0.0948. The summed E-state index contributed by atoms with van der Waals surface area (Å²) < 4.78 is 28.2. The molecule has 0 aliphatic heterocycles. The summed E-state index contributed by atoms with van der Waals surface area (Å²) in [5, 5.41) is 2.83. The summed E-state index contributed by atoms with van der Waals surface area (Å²) in [5.41, 5.74) is 3.52. The molecule has 26 heavy (non-hydrogen) atoms. The number of carbonyl (C=O) groups excluding carboxylic acids is 1. The third kappa shape index (κ3) is 4.64. The second-order valence-corrected chi connectivity index (χ2v) is 8.62. The van der Waals surface area contributed by atoms with Crippen LogP contribution in [0.2, 0.25) is 0 Å². The average molecular weight is 375 g/mol. The van der Waals surface area contributed by atoms with Crippen LogP contribution >= 0.6 is 0 Å². The van der Waals surface area contributed by atoms with E-state index in [1.165, 1.54) is 12.1 Å². The zero-order chi connectivity index (χ0) is 19.5. The average Bonchev–Trinajstić information content (AvgIpc) is 2.57. The number of benzene rings is 2. The van der Waals surface area contributed by atoms with Gasteiger partial charge in [-0.3, -0.25) is 9.52 Å². The third-order valence-electron chi connectivity index (χ3n) is 4.28. The highest BCUT2D eigenvalue weighted by Gasteiger charge is 2.19. The maximum Gasteiger partial charge on any atom is 0.261 e. The van der Waals surface area contributed by atoms with Crippen LogP contribution in [0.1, 0.15) is 40.9 Å². The largest absolute Gasteiger partial charge is 0.352 e. The number of hydrogen-bond donors (Lipinski definition) is 2. The molecule has 0 aromatic heterocycles. The molecule has 6 heteroatoms. The molecule has 5 nitrogen and oxygen atoms in total. The van der Waals surface area contributed by atoms with Crippen LogP contribution in [0.5, 0.6) is 0 Å². The van der Waals surface area contributed by atoms with E-state index < -0.39 is 10.0 Å². The Bertz CT molecular complexity index is 919. The Hall–Kier alpha value is -2.34. The maximum absolute atomic E-state index is 12.8. The second kappa shape index (κ2) is 7.91. The molecule has 0 aliphatic rings. The van der Waals surface area contributed by atoms with Gasteiger partial charge in [0, 0.05) is 12.1 Å². The molecule has 140 valence electrons. The standard InChI is InChI=1S/C20H26N2O3S/c1-13(2)12-21-20(23)18-11-17(10-9-15(18)4)26(24,25)22-19-8-6-7-14(3)16(19)5/h6-11,13,22H,12H2,1-5H3,(H,21,23). The molecule has 0 radical (unpaired) electrons. The highest BCUT2D eigenvalue weighted by molar-refractivity contribution is 7.92. The molecule has 0 aliphatic carbocycles. The van der Waals surface area contributed by atoms with E-state index in [2.05, 4.69) is 10.0 Å². The predicted octanol–water partition coefficient (Wildman–Crippen LogP) is 3.80. The number of rotatable bonds is 6. The summed E-state index contributed by atoms with van der Waals surface area (Å²) in [4.78, 5) is 12.4. The van der Waals surface area contributed by atoms with E-state index in [1.807, 2.05) is 33.8 Å². The second-order valence-electron chi connectivity index (χ2n) is 6.93. The summed E-state index contributed by atoms with van der Waals surface area (Å²) >= 11 is 0. The molecule has 0 saturated heterocycles. The van der Waals surface area contributed by atoms with Crippen LogP contribution in [-0.4, -0.2) is 20.9 Å². The summed E-state index contributed by atoms with van der Waals surface area (Å²) in [6, 6.07) is 10.1. The fourth-order valence-corrected chi connectivity index (χ4v) is 3.62. The van der Waals surface area contributed by atoms with Gasteiger partial charge >= 0.3 is 0 Å². The summed E-state index contributed by atoms with van der Waals surface area (Å²) in [6.07, 6.45) is 0. The molecule has 0 saturated carbocycles. The number of hydrogen-bond acceptors (Lipinski definition) is 3. The van der Waals surface area contributed by atoms with Crippen LogP contribution in [0.15, 0.2) is 41.3 Å². The minimum absolute atomic E-state index is 0.0682. The molecule has 0 heterocycles. The van der Waals surface area contributed by atoms with Gasteiger partial charge in [0.05, 0.1) is 10.6 Å². The van der Waals surface area contributed by atoms with Crippen molar-refractivity contribution in [3.63, 3.8) is 0 Å². The zero-order valence-electron chi connectivity index (χ0n) is 15.9. The van der Waals surface area contributed by atoms with Gasteiger partial charge in [-0.25, -0.2) is 8.42 Å². The van der Waals surface area contributed by atoms with Gasteiger partial charge < -0.3 is 5.32 Å². The first-order valence-corrected chi connectivity index (χ1v) is 10.1. The Morgan fingerprint density at radius 2 is 1.73 bits per heavy atom. The van der Waals surface area contributed by atoms with E-state index in [9.17, 15) is 13.2 Å². The fraction of sp³-hybridized carbons (Fsp3) is 0.350. The predicted molar refractivity (Wildman–Crippen MR) is 105 cm³/mol. The molecule has 2 rings (SSSR count). The van der Waals surface area contributed by atoms with E-state index in [0.29, 0.717) is 23.7 Å². The van der Waals surface area contributed by atoms with Crippen molar-refractivity contribution in [3.05, 3.63) is 58.7 Å². The molecule has 2 aromatic carbocycles. The highest BCUT2D eigenvalue weighted by Crippen LogP contribution is 2.23. The lowest BCUT2D eigenvalue weighted by atomic mass is 10.1. The smallest absolute Gasteiger partial charge is 0.261 e. The Labute approximate surface area is 155 Å². The van der Waals surface area contributed by atoms with Crippen molar-refractivity contribution in [2.75, 3.05) is 11.3 Å². The first-order valence-electron chi connectivity index (χ1n) is 8.59. The molecule has 0 fully saturated rings. The minimum atomic E-state index is -3.79. The summed E-state index contributed by atoms with van der Waals surface area (Å²) in [6.45, 7) is 10.1. The Kier molecular flexibility index (Phi) is 6.08. The first kappa shape index (κ1) is 20.0. The Balaban J connectivity index is 2.34. The number of nitrogens with one attached hydrogen (secondary N) is 2. The van der Waals surface area contributed by atoms with Crippen LogP contribution < -0.4 is 10.0 Å². The molecule has 0 atom stereocenters. The van der Waals surface area contributed by atoms with Gasteiger partial charge in [0.2, 0.25) is 0 Å². The van der Waals surface area contributed by atoms with E-state index in [1.54, 1.807) is 25.1 Å². The van der Waals surface area contributed by atoms with Crippen LogP contribution in [0, 0.1) is 26.7 Å². The lowest BCUT2D eigenvalue weighted by Crippen LogP contribution is -2.28.